The summed E-state index contributed by atoms with van der Waals surface area (Å²) in [6, 6.07) is 7.25. The van der Waals surface area contributed by atoms with Gasteiger partial charge in [-0.2, -0.15) is 5.10 Å². The van der Waals surface area contributed by atoms with Gasteiger partial charge in [0.15, 0.2) is 11.5 Å². The lowest BCUT2D eigenvalue weighted by Gasteiger charge is -2.03. The van der Waals surface area contributed by atoms with Crippen molar-refractivity contribution in [3.63, 3.8) is 0 Å². The zero-order chi connectivity index (χ0) is 17.1. The number of hydrogen-bond donors (Lipinski definition) is 1. The molecule has 124 valence electrons. The molecular weight excluding hydrogens is 322 g/mol. The molecule has 3 heterocycles. The molecule has 3 aromatic rings. The van der Waals surface area contributed by atoms with Crippen LogP contribution in [0, 0.1) is 0 Å². The summed E-state index contributed by atoms with van der Waals surface area (Å²) in [7, 11) is 0. The minimum Gasteiger partial charge on any atom is -0.454 e. The molecule has 1 aliphatic rings. The lowest BCUT2D eigenvalue weighted by molar-refractivity contribution is -0.111. The van der Waals surface area contributed by atoms with E-state index in [1.54, 1.807) is 24.5 Å². The maximum Gasteiger partial charge on any atom is 0.250 e. The van der Waals surface area contributed by atoms with Crippen LogP contribution in [0.4, 0.5) is 5.69 Å². The van der Waals surface area contributed by atoms with Crippen LogP contribution < -0.4 is 14.8 Å². The molecule has 0 saturated heterocycles. The fourth-order valence-corrected chi connectivity index (χ4v) is 2.26. The predicted octanol–water partition coefficient (Wildman–Crippen LogP) is 2.04. The van der Waals surface area contributed by atoms with E-state index in [-0.39, 0.29) is 12.7 Å². The van der Waals surface area contributed by atoms with Crippen LogP contribution in [0.25, 0.3) is 12.0 Å². The first-order valence-corrected chi connectivity index (χ1v) is 7.49. The van der Waals surface area contributed by atoms with Crippen LogP contribution in [-0.4, -0.2) is 32.4 Å². The van der Waals surface area contributed by atoms with Crippen molar-refractivity contribution in [1.82, 2.24) is 19.7 Å². The summed E-state index contributed by atoms with van der Waals surface area (Å²) in [6.07, 6.45) is 9.55. The molecule has 1 aromatic carbocycles. The maximum atomic E-state index is 12.0. The molecule has 1 aliphatic heterocycles. The van der Waals surface area contributed by atoms with E-state index in [1.165, 1.54) is 23.2 Å². The monoisotopic (exact) mass is 335 g/mol. The fourth-order valence-electron chi connectivity index (χ4n) is 2.26. The number of ether oxygens (including phenoxy) is 2. The summed E-state index contributed by atoms with van der Waals surface area (Å²) in [4.78, 5) is 20.3. The predicted molar refractivity (Wildman–Crippen MR) is 89.4 cm³/mol. The number of nitrogens with one attached hydrogen (secondary N) is 1. The summed E-state index contributed by atoms with van der Waals surface area (Å²) in [5.74, 6) is 1.52. The highest BCUT2D eigenvalue weighted by Gasteiger charge is 2.12. The number of anilines is 1. The van der Waals surface area contributed by atoms with E-state index in [0.29, 0.717) is 23.1 Å². The minimum atomic E-state index is -0.284. The Labute approximate surface area is 142 Å². The third-order valence-corrected chi connectivity index (χ3v) is 3.44. The normalized spacial score (nSPS) is 12.5. The van der Waals surface area contributed by atoms with Gasteiger partial charge in [-0.05, 0) is 29.8 Å². The highest BCUT2D eigenvalue weighted by Crippen LogP contribution is 2.32. The Bertz CT molecular complexity index is 920. The van der Waals surface area contributed by atoms with Gasteiger partial charge in [0.1, 0.15) is 0 Å². The van der Waals surface area contributed by atoms with Crippen LogP contribution in [0.15, 0.2) is 55.1 Å². The van der Waals surface area contributed by atoms with Gasteiger partial charge in [-0.3, -0.25) is 4.79 Å². The highest BCUT2D eigenvalue weighted by atomic mass is 16.7. The molecule has 2 aromatic heterocycles. The van der Waals surface area contributed by atoms with Crippen LogP contribution in [0.5, 0.6) is 11.5 Å². The Hall–Kier alpha value is -3.68. The van der Waals surface area contributed by atoms with Gasteiger partial charge in [0, 0.05) is 18.5 Å². The molecule has 0 atom stereocenters. The molecular formula is C17H13N5O3. The number of fused-ring (bicyclic) bond motifs is 1. The SMILES string of the molecule is O=C(/C=C/c1ccc2c(c1)OCO2)Nc1cnc(-n2cccn2)nc1. The summed E-state index contributed by atoms with van der Waals surface area (Å²) in [6.45, 7) is 0.220. The van der Waals surface area contributed by atoms with Gasteiger partial charge >= 0.3 is 0 Å². The van der Waals surface area contributed by atoms with E-state index in [1.807, 2.05) is 18.2 Å². The van der Waals surface area contributed by atoms with Crippen molar-refractivity contribution in [2.24, 2.45) is 0 Å². The van der Waals surface area contributed by atoms with Gasteiger partial charge in [0.2, 0.25) is 12.7 Å². The lowest BCUT2D eigenvalue weighted by Crippen LogP contribution is -2.09. The first-order valence-electron chi connectivity index (χ1n) is 7.49. The molecule has 1 N–H and O–H groups in total. The average molecular weight is 335 g/mol. The number of benzene rings is 1. The number of amides is 1. The Morgan fingerprint density at radius 2 is 2.04 bits per heavy atom. The van der Waals surface area contributed by atoms with Gasteiger partial charge in [0.05, 0.1) is 18.1 Å². The standard InChI is InChI=1S/C17H13N5O3/c23-16(5-3-12-2-4-14-15(8-12)25-11-24-14)21-13-9-18-17(19-10-13)22-7-1-6-20-22/h1-10H,11H2,(H,21,23)/b5-3+. The zero-order valence-corrected chi connectivity index (χ0v) is 13.0. The van der Waals surface area contributed by atoms with Crippen LogP contribution in [-0.2, 0) is 4.79 Å². The Balaban J connectivity index is 1.40. The van der Waals surface area contributed by atoms with E-state index in [2.05, 4.69) is 20.4 Å². The third-order valence-electron chi connectivity index (χ3n) is 3.44. The van der Waals surface area contributed by atoms with Crippen molar-refractivity contribution in [2.45, 2.75) is 0 Å². The Morgan fingerprint density at radius 1 is 1.20 bits per heavy atom. The topological polar surface area (TPSA) is 91.2 Å². The molecule has 8 nitrogen and oxygen atoms in total. The lowest BCUT2D eigenvalue weighted by atomic mass is 10.2. The van der Waals surface area contributed by atoms with E-state index in [9.17, 15) is 4.79 Å². The first-order chi connectivity index (χ1) is 12.3. The molecule has 25 heavy (non-hydrogen) atoms. The second-order valence-electron chi connectivity index (χ2n) is 5.16. The van der Waals surface area contributed by atoms with E-state index >= 15 is 0 Å². The Morgan fingerprint density at radius 3 is 2.84 bits per heavy atom. The van der Waals surface area contributed by atoms with Gasteiger partial charge < -0.3 is 14.8 Å². The van der Waals surface area contributed by atoms with Crippen molar-refractivity contribution < 1.29 is 14.3 Å². The summed E-state index contributed by atoms with van der Waals surface area (Å²) in [5.41, 5.74) is 1.33. The number of aromatic nitrogens is 4. The third kappa shape index (κ3) is 3.32. The van der Waals surface area contributed by atoms with Crippen LogP contribution in [0.2, 0.25) is 0 Å². The van der Waals surface area contributed by atoms with Gasteiger partial charge in [0.25, 0.3) is 5.95 Å². The highest BCUT2D eigenvalue weighted by molar-refractivity contribution is 6.01. The number of hydrogen-bond acceptors (Lipinski definition) is 6. The number of nitrogens with zero attached hydrogens (tertiary/aromatic N) is 4. The van der Waals surface area contributed by atoms with Crippen LogP contribution in [0.1, 0.15) is 5.56 Å². The second-order valence-corrected chi connectivity index (χ2v) is 5.16. The largest absolute Gasteiger partial charge is 0.454 e. The average Bonchev–Trinajstić information content (AvgIpc) is 3.32. The molecule has 0 fully saturated rings. The van der Waals surface area contributed by atoms with Crippen molar-refractivity contribution in [3.8, 4) is 17.4 Å². The van der Waals surface area contributed by atoms with Crippen LogP contribution >= 0.6 is 0 Å². The molecule has 0 aliphatic carbocycles. The van der Waals surface area contributed by atoms with E-state index in [0.717, 1.165) is 5.56 Å². The van der Waals surface area contributed by atoms with Crippen molar-refractivity contribution in [3.05, 3.63) is 60.7 Å². The second kappa shape index (κ2) is 6.44. The number of carbonyl (C=O) groups is 1. The smallest absolute Gasteiger partial charge is 0.250 e. The fraction of sp³-hybridized carbons (Fsp3) is 0.0588. The first kappa shape index (κ1) is 14.9. The summed E-state index contributed by atoms with van der Waals surface area (Å²) < 4.78 is 12.1. The van der Waals surface area contributed by atoms with Crippen molar-refractivity contribution in [2.75, 3.05) is 12.1 Å². The molecule has 0 radical (unpaired) electrons. The van der Waals surface area contributed by atoms with Crippen molar-refractivity contribution in [1.29, 1.82) is 0 Å². The van der Waals surface area contributed by atoms with Crippen LogP contribution in [0.3, 0.4) is 0 Å². The zero-order valence-electron chi connectivity index (χ0n) is 13.0. The minimum absolute atomic E-state index is 0.220. The summed E-state index contributed by atoms with van der Waals surface area (Å²) >= 11 is 0. The molecule has 0 unspecified atom stereocenters. The van der Waals surface area contributed by atoms with E-state index < -0.39 is 0 Å². The summed E-state index contributed by atoms with van der Waals surface area (Å²) in [5, 5.41) is 6.74. The number of carbonyl (C=O) groups excluding carboxylic acids is 1. The van der Waals surface area contributed by atoms with Gasteiger partial charge in [-0.15, -0.1) is 0 Å². The molecule has 8 heteroatoms. The Kier molecular flexibility index (Phi) is 3.83. The van der Waals surface area contributed by atoms with Crippen molar-refractivity contribution >= 4 is 17.7 Å². The molecule has 0 saturated carbocycles. The number of rotatable bonds is 4. The van der Waals surface area contributed by atoms with Gasteiger partial charge in [-0.1, -0.05) is 6.07 Å². The quantitative estimate of drug-likeness (QED) is 0.734. The van der Waals surface area contributed by atoms with Gasteiger partial charge in [-0.25, -0.2) is 14.6 Å². The van der Waals surface area contributed by atoms with E-state index in [4.69, 9.17) is 9.47 Å². The molecule has 0 bridgehead atoms. The molecule has 4 rings (SSSR count). The maximum absolute atomic E-state index is 12.0. The molecule has 0 spiro atoms. The molecule has 1 amide bonds.